The number of hydrogen-bond acceptors (Lipinski definition) is 4. The summed E-state index contributed by atoms with van der Waals surface area (Å²) in [6.45, 7) is 3.79. The van der Waals surface area contributed by atoms with Gasteiger partial charge >= 0.3 is 5.97 Å². The summed E-state index contributed by atoms with van der Waals surface area (Å²) in [6, 6.07) is 39.5. The molecule has 6 heteroatoms. The van der Waals surface area contributed by atoms with E-state index in [9.17, 15) is 4.79 Å². The van der Waals surface area contributed by atoms with E-state index in [1.807, 2.05) is 43.5 Å². The molecule has 0 unspecified atom stereocenters. The average Bonchev–Trinajstić information content (AvgIpc) is 3.68. The number of fused-ring (bicyclic) bond motifs is 2. The Kier molecular flexibility index (Phi) is 9.25. The minimum atomic E-state index is -0.335. The van der Waals surface area contributed by atoms with E-state index < -0.39 is 0 Å². The van der Waals surface area contributed by atoms with Crippen LogP contribution in [0.4, 0.5) is 5.69 Å². The lowest BCUT2D eigenvalue weighted by Crippen LogP contribution is -2.09. The number of benzene rings is 4. The summed E-state index contributed by atoms with van der Waals surface area (Å²) in [4.78, 5) is 16.8. The van der Waals surface area contributed by atoms with E-state index in [-0.39, 0.29) is 5.97 Å². The second-order valence-electron chi connectivity index (χ2n) is 11.4. The van der Waals surface area contributed by atoms with Gasteiger partial charge in [-0.15, -0.1) is 0 Å². The van der Waals surface area contributed by atoms with Crippen molar-refractivity contribution in [3.63, 3.8) is 0 Å². The summed E-state index contributed by atoms with van der Waals surface area (Å²) in [5, 5.41) is 2.38. The zero-order valence-corrected chi connectivity index (χ0v) is 26.3. The highest BCUT2D eigenvalue weighted by Crippen LogP contribution is 2.23. The molecule has 3 aromatic heterocycles. The third-order valence-electron chi connectivity index (χ3n) is 8.23. The van der Waals surface area contributed by atoms with E-state index in [4.69, 9.17) is 10.5 Å². The van der Waals surface area contributed by atoms with Gasteiger partial charge < -0.3 is 19.6 Å². The first-order valence-corrected chi connectivity index (χ1v) is 15.6. The molecular weight excluding hydrogens is 568 g/mol. The van der Waals surface area contributed by atoms with Gasteiger partial charge in [0.1, 0.15) is 0 Å². The number of nitrogen functional groups attached to an aromatic ring is 1. The van der Waals surface area contributed by atoms with Crippen molar-refractivity contribution >= 4 is 33.5 Å². The molecule has 3 heterocycles. The molecule has 0 saturated heterocycles. The van der Waals surface area contributed by atoms with Crippen molar-refractivity contribution in [1.82, 2.24) is 14.1 Å². The number of nitrogens with zero attached hydrogens (tertiary/aromatic N) is 3. The highest BCUT2D eigenvalue weighted by atomic mass is 16.5. The summed E-state index contributed by atoms with van der Waals surface area (Å²) in [7, 11) is 1.41. The summed E-state index contributed by atoms with van der Waals surface area (Å²) in [6.07, 6.45) is 7.50. The number of nitrogens with two attached hydrogens (primary N) is 1. The molecule has 46 heavy (non-hydrogen) atoms. The first-order valence-electron chi connectivity index (χ1n) is 15.6. The predicted octanol–water partition coefficient (Wildman–Crippen LogP) is 8.30. The number of carbonyl (C=O) groups excluding carboxylic acids is 1. The molecule has 0 aliphatic heterocycles. The van der Waals surface area contributed by atoms with Crippen LogP contribution in [0.25, 0.3) is 21.8 Å². The van der Waals surface area contributed by atoms with Crippen LogP contribution in [-0.2, 0) is 30.7 Å². The highest BCUT2D eigenvalue weighted by Gasteiger charge is 2.15. The van der Waals surface area contributed by atoms with Crippen molar-refractivity contribution in [2.75, 3.05) is 12.8 Å². The van der Waals surface area contributed by atoms with Crippen LogP contribution in [0.2, 0.25) is 0 Å². The Balaban J connectivity index is 0.000000185. The molecule has 0 saturated carbocycles. The van der Waals surface area contributed by atoms with Crippen LogP contribution in [0, 0.1) is 0 Å². The normalized spacial score (nSPS) is 10.9. The van der Waals surface area contributed by atoms with Crippen molar-refractivity contribution in [3.05, 3.63) is 167 Å². The van der Waals surface area contributed by atoms with Crippen LogP contribution in [-0.4, -0.2) is 27.2 Å². The highest BCUT2D eigenvalue weighted by molar-refractivity contribution is 5.91. The third-order valence-corrected chi connectivity index (χ3v) is 8.23. The van der Waals surface area contributed by atoms with E-state index in [0.29, 0.717) is 12.0 Å². The molecule has 230 valence electrons. The van der Waals surface area contributed by atoms with Crippen LogP contribution < -0.4 is 5.73 Å². The third kappa shape index (κ3) is 7.02. The number of esters is 1. The fourth-order valence-corrected chi connectivity index (χ4v) is 5.76. The number of aromatic nitrogens is 3. The zero-order chi connectivity index (χ0) is 31.9. The van der Waals surface area contributed by atoms with Gasteiger partial charge in [0.05, 0.1) is 18.4 Å². The Morgan fingerprint density at radius 2 is 1.28 bits per heavy atom. The van der Waals surface area contributed by atoms with Gasteiger partial charge in [-0.25, -0.2) is 4.79 Å². The monoisotopic (exact) mass is 606 g/mol. The maximum absolute atomic E-state index is 12.2. The molecule has 2 N–H and O–H groups in total. The maximum atomic E-state index is 12.2. The van der Waals surface area contributed by atoms with Gasteiger partial charge in [0.15, 0.2) is 0 Å². The molecule has 0 aliphatic carbocycles. The number of carbonyl (C=O) groups is 1. The van der Waals surface area contributed by atoms with Gasteiger partial charge in [0.2, 0.25) is 0 Å². The minimum Gasteiger partial charge on any atom is -0.465 e. The number of anilines is 1. The van der Waals surface area contributed by atoms with Gasteiger partial charge in [0.25, 0.3) is 0 Å². The predicted molar refractivity (Wildman–Crippen MR) is 187 cm³/mol. The van der Waals surface area contributed by atoms with Crippen LogP contribution in [0.5, 0.6) is 0 Å². The molecule has 0 spiro atoms. The van der Waals surface area contributed by atoms with Gasteiger partial charge in [-0.2, -0.15) is 0 Å². The fraction of sp³-hybridized carbons (Fsp3) is 0.150. The topological polar surface area (TPSA) is 75.1 Å². The molecular formula is C40H38N4O2. The van der Waals surface area contributed by atoms with Crippen LogP contribution in [0.1, 0.15) is 45.2 Å². The molecule has 7 aromatic rings. The summed E-state index contributed by atoms with van der Waals surface area (Å²) in [5.41, 5.74) is 15.0. The Bertz CT molecular complexity index is 2080. The summed E-state index contributed by atoms with van der Waals surface area (Å²) >= 11 is 0. The molecule has 7 rings (SSSR count). The Labute approximate surface area is 269 Å². The van der Waals surface area contributed by atoms with E-state index in [0.717, 1.165) is 42.0 Å². The second-order valence-corrected chi connectivity index (χ2v) is 11.4. The van der Waals surface area contributed by atoms with Crippen LogP contribution in [0.15, 0.2) is 134 Å². The maximum Gasteiger partial charge on any atom is 0.339 e. The Hall–Kier alpha value is -5.62. The van der Waals surface area contributed by atoms with E-state index >= 15 is 0 Å². The largest absolute Gasteiger partial charge is 0.465 e. The molecule has 0 radical (unpaired) electrons. The van der Waals surface area contributed by atoms with E-state index in [2.05, 4.69) is 111 Å². The zero-order valence-electron chi connectivity index (χ0n) is 26.3. The molecule has 0 fully saturated rings. The standard InChI is InChI=1S/C25H24N2O2.C15H14N2/c1-3-18-14-22(25(28)29-2)23(26-16-18)15-20-9-10-24-21(13-20)11-12-27(24)17-19-7-5-4-6-8-19;16-14-6-7-15-13(10-14)8-9-17(15)11-12-4-2-1-3-5-12/h4-14,16H,3,15,17H2,1-2H3;1-10H,11,16H2. The van der Waals surface area contributed by atoms with Gasteiger partial charge in [-0.1, -0.05) is 73.7 Å². The molecule has 0 amide bonds. The lowest BCUT2D eigenvalue weighted by Gasteiger charge is -2.10. The number of rotatable bonds is 8. The molecule has 6 nitrogen and oxygen atoms in total. The van der Waals surface area contributed by atoms with Gasteiger partial charge in [-0.05, 0) is 82.6 Å². The lowest BCUT2D eigenvalue weighted by molar-refractivity contribution is 0.0599. The smallest absolute Gasteiger partial charge is 0.339 e. The van der Waals surface area contributed by atoms with Crippen molar-refractivity contribution in [3.8, 4) is 0 Å². The van der Waals surface area contributed by atoms with Gasteiger partial charge in [0, 0.05) is 60.2 Å². The van der Waals surface area contributed by atoms with Crippen LogP contribution >= 0.6 is 0 Å². The second kappa shape index (κ2) is 14.0. The number of ether oxygens (including phenoxy) is 1. The molecule has 0 atom stereocenters. The van der Waals surface area contributed by atoms with Crippen molar-refractivity contribution < 1.29 is 9.53 Å². The van der Waals surface area contributed by atoms with Crippen LogP contribution in [0.3, 0.4) is 0 Å². The van der Waals surface area contributed by atoms with Crippen molar-refractivity contribution in [2.24, 2.45) is 0 Å². The molecule has 4 aromatic carbocycles. The summed E-state index contributed by atoms with van der Waals surface area (Å²) in [5.74, 6) is -0.335. The summed E-state index contributed by atoms with van der Waals surface area (Å²) < 4.78 is 9.45. The molecule has 0 aliphatic rings. The minimum absolute atomic E-state index is 0.335. The first kappa shape index (κ1) is 30.4. The molecule has 0 bridgehead atoms. The first-order chi connectivity index (χ1) is 22.5. The Morgan fingerprint density at radius 3 is 1.87 bits per heavy atom. The number of pyridine rings is 1. The number of aryl methyl sites for hydroxylation is 1. The van der Waals surface area contributed by atoms with E-state index in [1.54, 1.807) is 0 Å². The SMILES string of the molecule is CCc1cnc(Cc2ccc3c(ccn3Cc3ccccc3)c2)c(C(=O)OC)c1.Nc1ccc2c(ccn2Cc2ccccc2)c1. The van der Waals surface area contributed by atoms with E-state index in [1.165, 1.54) is 40.0 Å². The Morgan fingerprint density at radius 1 is 0.696 bits per heavy atom. The number of hydrogen-bond donors (Lipinski definition) is 1. The average molecular weight is 607 g/mol. The van der Waals surface area contributed by atoms with Crippen molar-refractivity contribution in [2.45, 2.75) is 32.9 Å². The van der Waals surface area contributed by atoms with Gasteiger partial charge in [-0.3, -0.25) is 4.98 Å². The lowest BCUT2D eigenvalue weighted by atomic mass is 10.0. The number of methoxy groups -OCH3 is 1. The quantitative estimate of drug-likeness (QED) is 0.140. The fourth-order valence-electron chi connectivity index (χ4n) is 5.76. The van der Waals surface area contributed by atoms with Crippen molar-refractivity contribution in [1.29, 1.82) is 0 Å².